The fourth-order valence-electron chi connectivity index (χ4n) is 3.90. The molecule has 0 aromatic rings. The number of likely N-dealkylation sites (tertiary alicyclic amines) is 1. The number of aliphatic imine (C=N–C) groups is 1. The molecule has 0 aromatic heterocycles. The van der Waals surface area contributed by atoms with Crippen molar-refractivity contribution in [2.45, 2.75) is 32.6 Å². The maximum absolute atomic E-state index is 11.5. The number of sulfone groups is 1. The predicted octanol–water partition coefficient (Wildman–Crippen LogP) is 1.18. The van der Waals surface area contributed by atoms with E-state index in [1.165, 1.54) is 25.7 Å². The van der Waals surface area contributed by atoms with Gasteiger partial charge in [-0.15, -0.1) is 24.0 Å². The predicted molar refractivity (Wildman–Crippen MR) is 109 cm³/mol. The van der Waals surface area contributed by atoms with Crippen LogP contribution in [0.4, 0.5) is 0 Å². The Kier molecular flexibility index (Phi) is 7.19. The highest BCUT2D eigenvalue weighted by atomic mass is 127. The minimum atomic E-state index is -2.79. The Morgan fingerprint density at radius 2 is 1.88 bits per heavy atom. The molecule has 3 fully saturated rings. The monoisotopic (exact) mass is 470 g/mol. The van der Waals surface area contributed by atoms with Gasteiger partial charge < -0.3 is 10.2 Å². The summed E-state index contributed by atoms with van der Waals surface area (Å²) in [5.74, 6) is 1.64. The minimum Gasteiger partial charge on any atom is -0.357 e. The van der Waals surface area contributed by atoms with Crippen molar-refractivity contribution in [3.63, 3.8) is 0 Å². The topological polar surface area (TPSA) is 65.0 Å². The molecule has 1 spiro atoms. The summed E-state index contributed by atoms with van der Waals surface area (Å²) in [4.78, 5) is 9.42. The van der Waals surface area contributed by atoms with Gasteiger partial charge in [0.25, 0.3) is 0 Å². The maximum Gasteiger partial charge on any atom is 0.193 e. The van der Waals surface area contributed by atoms with Gasteiger partial charge >= 0.3 is 0 Å². The summed E-state index contributed by atoms with van der Waals surface area (Å²) in [7, 11) is -2.79. The van der Waals surface area contributed by atoms with Crippen LogP contribution in [0.25, 0.3) is 0 Å². The Balaban J connectivity index is 0.00000208. The van der Waals surface area contributed by atoms with Gasteiger partial charge in [-0.3, -0.25) is 9.89 Å². The van der Waals surface area contributed by atoms with Gasteiger partial charge in [0.1, 0.15) is 0 Å². The van der Waals surface area contributed by atoms with Crippen LogP contribution in [0.15, 0.2) is 4.99 Å². The zero-order valence-corrected chi connectivity index (χ0v) is 17.8. The summed E-state index contributed by atoms with van der Waals surface area (Å²) in [5, 5.41) is 3.42. The second kappa shape index (κ2) is 8.53. The molecule has 3 rings (SSSR count). The van der Waals surface area contributed by atoms with Crippen LogP contribution in [-0.2, 0) is 9.84 Å². The minimum absolute atomic E-state index is 0. The molecule has 0 amide bonds. The fourth-order valence-corrected chi connectivity index (χ4v) is 5.17. The largest absolute Gasteiger partial charge is 0.357 e. The molecule has 24 heavy (non-hydrogen) atoms. The Bertz CT molecular complexity index is 534. The van der Waals surface area contributed by atoms with Crippen molar-refractivity contribution in [1.82, 2.24) is 15.1 Å². The third kappa shape index (κ3) is 4.97. The van der Waals surface area contributed by atoms with Gasteiger partial charge in [-0.2, -0.15) is 0 Å². The quantitative estimate of drug-likeness (QED) is 0.380. The number of nitrogens with zero attached hydrogens (tertiary/aromatic N) is 3. The van der Waals surface area contributed by atoms with Gasteiger partial charge in [-0.1, -0.05) is 6.42 Å². The lowest BCUT2D eigenvalue weighted by Crippen LogP contribution is -2.44. The Morgan fingerprint density at radius 1 is 1.17 bits per heavy atom. The number of nitrogens with one attached hydrogen (secondary N) is 1. The van der Waals surface area contributed by atoms with E-state index in [0.717, 1.165) is 38.7 Å². The molecule has 140 valence electrons. The summed E-state index contributed by atoms with van der Waals surface area (Å²) in [6, 6.07) is 0. The first-order chi connectivity index (χ1) is 11.0. The highest BCUT2D eigenvalue weighted by Crippen LogP contribution is 2.47. The van der Waals surface area contributed by atoms with Crippen LogP contribution < -0.4 is 5.32 Å². The lowest BCUT2D eigenvalue weighted by Gasteiger charge is -2.38. The van der Waals surface area contributed by atoms with E-state index >= 15 is 0 Å². The average molecular weight is 470 g/mol. The maximum atomic E-state index is 11.5. The van der Waals surface area contributed by atoms with Crippen molar-refractivity contribution in [3.8, 4) is 0 Å². The van der Waals surface area contributed by atoms with Crippen molar-refractivity contribution in [2.24, 2.45) is 10.4 Å². The van der Waals surface area contributed by atoms with Crippen LogP contribution in [0.1, 0.15) is 32.6 Å². The van der Waals surface area contributed by atoms with Crippen molar-refractivity contribution < 1.29 is 8.42 Å². The van der Waals surface area contributed by atoms with Gasteiger partial charge in [-0.05, 0) is 31.6 Å². The zero-order chi connectivity index (χ0) is 16.3. The summed E-state index contributed by atoms with van der Waals surface area (Å²) >= 11 is 0. The molecule has 6 nitrogen and oxygen atoms in total. The van der Waals surface area contributed by atoms with E-state index in [1.54, 1.807) is 0 Å². The van der Waals surface area contributed by atoms with Gasteiger partial charge in [-0.25, -0.2) is 8.42 Å². The van der Waals surface area contributed by atoms with Crippen LogP contribution >= 0.6 is 24.0 Å². The molecule has 2 heterocycles. The highest BCUT2D eigenvalue weighted by Gasteiger charge is 2.43. The first-order valence-electron chi connectivity index (χ1n) is 8.98. The second-order valence-corrected chi connectivity index (χ2v) is 9.56. The van der Waals surface area contributed by atoms with E-state index < -0.39 is 9.84 Å². The summed E-state index contributed by atoms with van der Waals surface area (Å²) in [6.45, 7) is 8.18. The number of rotatable bonds is 4. The van der Waals surface area contributed by atoms with E-state index in [4.69, 9.17) is 4.99 Å². The summed E-state index contributed by atoms with van der Waals surface area (Å²) < 4.78 is 22.9. The molecule has 0 radical (unpaired) electrons. The molecule has 3 aliphatic rings. The van der Waals surface area contributed by atoms with E-state index in [0.29, 0.717) is 30.0 Å². The van der Waals surface area contributed by atoms with Crippen molar-refractivity contribution in [3.05, 3.63) is 0 Å². The Labute approximate surface area is 163 Å². The second-order valence-electron chi connectivity index (χ2n) is 7.25. The van der Waals surface area contributed by atoms with Crippen molar-refractivity contribution in [2.75, 3.05) is 57.3 Å². The average Bonchev–Trinajstić information content (AvgIpc) is 2.94. The van der Waals surface area contributed by atoms with Gasteiger partial charge in [0, 0.05) is 39.3 Å². The summed E-state index contributed by atoms with van der Waals surface area (Å²) in [5.41, 5.74) is 0.581. The van der Waals surface area contributed by atoms with Crippen molar-refractivity contribution >= 4 is 39.8 Å². The van der Waals surface area contributed by atoms with Gasteiger partial charge in [0.15, 0.2) is 15.8 Å². The third-order valence-electron chi connectivity index (χ3n) is 5.60. The molecule has 8 heteroatoms. The molecular weight excluding hydrogens is 439 g/mol. The fraction of sp³-hybridized carbons (Fsp3) is 0.938. The lowest BCUT2D eigenvalue weighted by molar-refractivity contribution is 0.151. The van der Waals surface area contributed by atoms with Gasteiger partial charge in [0.05, 0.1) is 18.1 Å². The molecule has 1 aliphatic carbocycles. The standard InChI is InChI=1S/C16H30N4O2S.HI/c1-2-17-15(20-8-6-16(14-20)4-3-5-16)18-7-9-19-10-12-23(21,22)13-11-19;/h2-14H2,1H3,(H,17,18);1H. The van der Waals surface area contributed by atoms with E-state index in [2.05, 4.69) is 22.0 Å². The molecule has 1 saturated carbocycles. The summed E-state index contributed by atoms with van der Waals surface area (Å²) in [6.07, 6.45) is 5.46. The number of hydrogen-bond donors (Lipinski definition) is 1. The zero-order valence-electron chi connectivity index (χ0n) is 14.7. The van der Waals surface area contributed by atoms with Gasteiger partial charge in [0.2, 0.25) is 0 Å². The highest BCUT2D eigenvalue weighted by molar-refractivity contribution is 14.0. The lowest BCUT2D eigenvalue weighted by atomic mass is 9.68. The van der Waals surface area contributed by atoms with Crippen LogP contribution in [0, 0.1) is 5.41 Å². The first kappa shape index (κ1) is 20.2. The van der Waals surface area contributed by atoms with E-state index in [1.807, 2.05) is 0 Å². The van der Waals surface area contributed by atoms with Crippen LogP contribution in [0.3, 0.4) is 0 Å². The Morgan fingerprint density at radius 3 is 2.42 bits per heavy atom. The molecule has 2 saturated heterocycles. The van der Waals surface area contributed by atoms with E-state index in [9.17, 15) is 8.42 Å². The molecule has 0 atom stereocenters. The van der Waals surface area contributed by atoms with Crippen LogP contribution in [0.2, 0.25) is 0 Å². The number of hydrogen-bond acceptors (Lipinski definition) is 4. The van der Waals surface area contributed by atoms with Crippen molar-refractivity contribution in [1.29, 1.82) is 0 Å². The van der Waals surface area contributed by atoms with Crippen LogP contribution in [-0.4, -0.2) is 81.5 Å². The third-order valence-corrected chi connectivity index (χ3v) is 7.21. The first-order valence-corrected chi connectivity index (χ1v) is 10.8. The molecule has 0 aromatic carbocycles. The number of halogens is 1. The smallest absolute Gasteiger partial charge is 0.193 e. The molecular formula is C16H31IN4O2S. The molecule has 0 bridgehead atoms. The van der Waals surface area contributed by atoms with E-state index in [-0.39, 0.29) is 24.0 Å². The SMILES string of the molecule is CCNC(=NCCN1CCS(=O)(=O)CC1)N1CCC2(CCC2)C1.I. The Hall–Kier alpha value is -0.0900. The van der Waals surface area contributed by atoms with Crippen LogP contribution in [0.5, 0.6) is 0 Å². The molecule has 2 aliphatic heterocycles. The number of guanidine groups is 1. The molecule has 1 N–H and O–H groups in total. The normalized spacial score (nSPS) is 26.0. The molecule has 0 unspecified atom stereocenters.